The van der Waals surface area contributed by atoms with Crippen molar-refractivity contribution in [3.8, 4) is 0 Å². The Hall–Kier alpha value is -3.64. The molecule has 1 unspecified atom stereocenters. The molecule has 2 aromatic heterocycles. The summed E-state index contributed by atoms with van der Waals surface area (Å²) in [4.78, 5) is 28.8. The number of rotatable bonds is 4. The van der Waals surface area contributed by atoms with E-state index in [1.165, 1.54) is 16.2 Å². The van der Waals surface area contributed by atoms with Crippen LogP contribution in [0, 0.1) is 6.92 Å². The lowest BCUT2D eigenvalue weighted by Crippen LogP contribution is -2.30. The maximum absolute atomic E-state index is 13.4. The van der Waals surface area contributed by atoms with E-state index in [1.807, 2.05) is 60.8 Å². The van der Waals surface area contributed by atoms with Crippen molar-refractivity contribution in [2.75, 3.05) is 4.90 Å². The fraction of sp³-hybridized carbons (Fsp3) is 0.0833. The molecule has 1 N–H and O–H groups in total. The van der Waals surface area contributed by atoms with E-state index >= 15 is 0 Å². The van der Waals surface area contributed by atoms with Crippen LogP contribution < -0.4 is 4.90 Å². The molecule has 5 rings (SSSR count). The number of anilines is 1. The minimum Gasteiger partial charge on any atom is -0.503 e. The Balaban J connectivity index is 1.65. The lowest BCUT2D eigenvalue weighted by molar-refractivity contribution is -0.117. The van der Waals surface area contributed by atoms with Crippen LogP contribution >= 0.6 is 11.3 Å². The number of fused-ring (bicyclic) bond motifs is 1. The zero-order valence-electron chi connectivity index (χ0n) is 16.0. The number of aliphatic hydroxyl groups excluding tert-OH is 1. The lowest BCUT2D eigenvalue weighted by Gasteiger charge is -2.25. The molecule has 0 aliphatic carbocycles. The molecule has 0 saturated heterocycles. The molecule has 6 heteroatoms. The van der Waals surface area contributed by atoms with Gasteiger partial charge < -0.3 is 9.52 Å². The van der Waals surface area contributed by atoms with Gasteiger partial charge in [0.2, 0.25) is 5.78 Å². The molecule has 0 radical (unpaired) electrons. The Kier molecular flexibility index (Phi) is 4.29. The Morgan fingerprint density at radius 2 is 1.90 bits per heavy atom. The lowest BCUT2D eigenvalue weighted by atomic mass is 10.00. The maximum Gasteiger partial charge on any atom is 0.294 e. The molecule has 1 amide bonds. The summed E-state index contributed by atoms with van der Waals surface area (Å²) in [5.41, 5.74) is 2.20. The molecule has 2 aromatic carbocycles. The first-order chi connectivity index (χ1) is 14.5. The predicted molar refractivity (Wildman–Crippen MR) is 116 cm³/mol. The molecule has 0 fully saturated rings. The molecular formula is C24H17NO4S. The topological polar surface area (TPSA) is 70.8 Å². The summed E-state index contributed by atoms with van der Waals surface area (Å²) in [5, 5.41) is 13.4. The summed E-state index contributed by atoms with van der Waals surface area (Å²) < 4.78 is 5.73. The average molecular weight is 415 g/mol. The second kappa shape index (κ2) is 7.00. The first-order valence-electron chi connectivity index (χ1n) is 9.44. The smallest absolute Gasteiger partial charge is 0.294 e. The molecule has 1 atom stereocenters. The Bertz CT molecular complexity index is 1280. The van der Waals surface area contributed by atoms with E-state index in [0.717, 1.165) is 15.8 Å². The summed E-state index contributed by atoms with van der Waals surface area (Å²) >= 11 is 1.43. The highest BCUT2D eigenvalue weighted by molar-refractivity contribution is 7.10. The van der Waals surface area contributed by atoms with Gasteiger partial charge in [0, 0.05) is 16.0 Å². The summed E-state index contributed by atoms with van der Waals surface area (Å²) in [6.45, 7) is 1.93. The molecule has 1 aliphatic rings. The molecule has 0 spiro atoms. The van der Waals surface area contributed by atoms with Crippen LogP contribution in [0.3, 0.4) is 0 Å². The third-order valence-electron chi connectivity index (χ3n) is 5.19. The molecule has 0 saturated carbocycles. The van der Waals surface area contributed by atoms with Crippen molar-refractivity contribution in [3.63, 3.8) is 0 Å². The van der Waals surface area contributed by atoms with Gasteiger partial charge in [-0.1, -0.05) is 36.4 Å². The van der Waals surface area contributed by atoms with Crippen LogP contribution in [0.5, 0.6) is 0 Å². The minimum absolute atomic E-state index is 0.0306. The zero-order valence-corrected chi connectivity index (χ0v) is 16.8. The highest BCUT2D eigenvalue weighted by Crippen LogP contribution is 2.43. The normalized spacial score (nSPS) is 16.6. The van der Waals surface area contributed by atoms with Crippen molar-refractivity contribution in [2.24, 2.45) is 0 Å². The largest absolute Gasteiger partial charge is 0.503 e. The number of furan rings is 1. The summed E-state index contributed by atoms with van der Waals surface area (Å²) in [7, 11) is 0. The summed E-state index contributed by atoms with van der Waals surface area (Å²) in [5.74, 6) is -1.54. The van der Waals surface area contributed by atoms with E-state index in [-0.39, 0.29) is 11.3 Å². The number of amides is 1. The van der Waals surface area contributed by atoms with Crippen molar-refractivity contribution >= 4 is 39.7 Å². The number of benzene rings is 2. The zero-order chi connectivity index (χ0) is 20.8. The Labute approximate surface area is 176 Å². The van der Waals surface area contributed by atoms with Gasteiger partial charge in [0.05, 0.1) is 5.57 Å². The Morgan fingerprint density at radius 1 is 1.07 bits per heavy atom. The SMILES string of the molecule is Cc1cccc(N2C(=O)C(O)=C(C(=O)c3cc4ccccc4o3)C2c2cccs2)c1. The molecular weight excluding hydrogens is 398 g/mol. The van der Waals surface area contributed by atoms with Crippen LogP contribution in [-0.4, -0.2) is 16.8 Å². The molecule has 30 heavy (non-hydrogen) atoms. The van der Waals surface area contributed by atoms with Crippen molar-refractivity contribution in [1.29, 1.82) is 0 Å². The van der Waals surface area contributed by atoms with E-state index < -0.39 is 23.5 Å². The number of aryl methyl sites for hydroxylation is 1. The van der Waals surface area contributed by atoms with Gasteiger partial charge in [-0.2, -0.15) is 0 Å². The van der Waals surface area contributed by atoms with Crippen molar-refractivity contribution in [3.05, 3.63) is 99.6 Å². The Morgan fingerprint density at radius 3 is 2.63 bits per heavy atom. The van der Waals surface area contributed by atoms with Gasteiger partial charge in [0.1, 0.15) is 11.6 Å². The van der Waals surface area contributed by atoms with Gasteiger partial charge in [0.15, 0.2) is 11.5 Å². The molecule has 4 aromatic rings. The monoisotopic (exact) mass is 415 g/mol. The molecule has 148 valence electrons. The van der Waals surface area contributed by atoms with Gasteiger partial charge in [-0.25, -0.2) is 0 Å². The number of Topliss-reactive ketones (excluding diaryl/α,β-unsaturated/α-hetero) is 1. The number of carbonyl (C=O) groups excluding carboxylic acids is 2. The predicted octanol–water partition coefficient (Wildman–Crippen LogP) is 5.59. The van der Waals surface area contributed by atoms with Crippen LogP contribution in [0.25, 0.3) is 11.0 Å². The maximum atomic E-state index is 13.4. The highest BCUT2D eigenvalue weighted by atomic mass is 32.1. The number of hydrogen-bond acceptors (Lipinski definition) is 5. The van der Waals surface area contributed by atoms with Crippen LogP contribution in [0.2, 0.25) is 0 Å². The number of nitrogens with zero attached hydrogens (tertiary/aromatic N) is 1. The highest BCUT2D eigenvalue weighted by Gasteiger charge is 2.45. The van der Waals surface area contributed by atoms with Gasteiger partial charge in [-0.05, 0) is 48.2 Å². The van der Waals surface area contributed by atoms with E-state index in [0.29, 0.717) is 11.3 Å². The van der Waals surface area contributed by atoms with Gasteiger partial charge in [0.25, 0.3) is 5.91 Å². The fourth-order valence-corrected chi connectivity index (χ4v) is 4.65. The number of thiophene rings is 1. The quantitative estimate of drug-likeness (QED) is 0.441. The van der Waals surface area contributed by atoms with Crippen LogP contribution in [0.1, 0.15) is 27.0 Å². The van der Waals surface area contributed by atoms with Gasteiger partial charge in [-0.15, -0.1) is 11.3 Å². The fourth-order valence-electron chi connectivity index (χ4n) is 3.82. The standard InChI is InChI=1S/C24H17NO4S/c1-14-6-4-8-16(12-14)25-21(19-10-5-11-30-19)20(23(27)24(25)28)22(26)18-13-15-7-2-3-9-17(15)29-18/h2-13,21,27H,1H3. The van der Waals surface area contributed by atoms with Crippen LogP contribution in [0.15, 0.2) is 87.9 Å². The van der Waals surface area contributed by atoms with E-state index in [4.69, 9.17) is 4.42 Å². The third-order valence-corrected chi connectivity index (χ3v) is 6.12. The summed E-state index contributed by atoms with van der Waals surface area (Å²) in [6, 6.07) is 19.4. The van der Waals surface area contributed by atoms with Crippen LogP contribution in [0.4, 0.5) is 5.69 Å². The van der Waals surface area contributed by atoms with E-state index in [9.17, 15) is 14.7 Å². The summed E-state index contributed by atoms with van der Waals surface area (Å²) in [6.07, 6.45) is 0. The third kappa shape index (κ3) is 2.84. The average Bonchev–Trinajstić information content (AvgIpc) is 3.46. The van der Waals surface area contributed by atoms with Crippen LogP contribution in [-0.2, 0) is 4.79 Å². The number of hydrogen-bond donors (Lipinski definition) is 1. The number of ketones is 1. The molecule has 1 aliphatic heterocycles. The second-order valence-electron chi connectivity index (χ2n) is 7.17. The van der Waals surface area contributed by atoms with Crippen molar-refractivity contribution in [2.45, 2.75) is 13.0 Å². The number of aliphatic hydroxyl groups is 1. The first kappa shape index (κ1) is 18.4. The van der Waals surface area contributed by atoms with Gasteiger partial charge in [-0.3, -0.25) is 14.5 Å². The minimum atomic E-state index is -0.722. The number of carbonyl (C=O) groups is 2. The van der Waals surface area contributed by atoms with Gasteiger partial charge >= 0.3 is 0 Å². The van der Waals surface area contributed by atoms with E-state index in [2.05, 4.69) is 0 Å². The molecule has 0 bridgehead atoms. The molecule has 3 heterocycles. The molecule has 5 nitrogen and oxygen atoms in total. The van der Waals surface area contributed by atoms with Crippen molar-refractivity contribution in [1.82, 2.24) is 0 Å². The van der Waals surface area contributed by atoms with Crippen molar-refractivity contribution < 1.29 is 19.1 Å². The second-order valence-corrected chi connectivity index (χ2v) is 8.15. The van der Waals surface area contributed by atoms with E-state index in [1.54, 1.807) is 18.2 Å². The first-order valence-corrected chi connectivity index (χ1v) is 10.3. The number of para-hydroxylation sites is 1.